The second-order valence-electron chi connectivity index (χ2n) is 4.11. The van der Waals surface area contributed by atoms with Gasteiger partial charge in [-0.1, -0.05) is 13.0 Å². The quantitative estimate of drug-likeness (QED) is 0.795. The van der Waals surface area contributed by atoms with Crippen LogP contribution in [0.5, 0.6) is 0 Å². The lowest BCUT2D eigenvalue weighted by atomic mass is 10.3. The molecule has 0 aromatic carbocycles. The first-order chi connectivity index (χ1) is 8.79. The summed E-state index contributed by atoms with van der Waals surface area (Å²) in [6, 6.07) is 6.16. The van der Waals surface area contributed by atoms with E-state index in [1.165, 1.54) is 10.5 Å². The summed E-state index contributed by atoms with van der Waals surface area (Å²) in [5.41, 5.74) is 1.22. The third-order valence-electron chi connectivity index (χ3n) is 2.59. The van der Waals surface area contributed by atoms with Gasteiger partial charge in [0.25, 0.3) is 0 Å². The van der Waals surface area contributed by atoms with Crippen molar-refractivity contribution in [2.24, 2.45) is 0 Å². The van der Waals surface area contributed by atoms with E-state index in [4.69, 9.17) is 4.42 Å². The predicted molar refractivity (Wildman–Crippen MR) is 76.0 cm³/mol. The van der Waals surface area contributed by atoms with Crippen LogP contribution in [-0.4, -0.2) is 11.5 Å². The zero-order valence-electron chi connectivity index (χ0n) is 10.8. The molecule has 96 valence electrons. The number of pyridine rings is 1. The van der Waals surface area contributed by atoms with Gasteiger partial charge in [-0.15, -0.1) is 11.8 Å². The Morgan fingerprint density at radius 3 is 2.83 bits per heavy atom. The molecule has 0 unspecified atom stereocenters. The molecule has 0 fully saturated rings. The standard InChI is InChI=1S/C14H18N2OS/c1-3-7-15-14-5-4-12(9-16-14)10-18-13-6-8-17-11(13)2/h4-6,8-9H,3,7,10H2,1-2H3,(H,15,16). The number of thioether (sulfide) groups is 1. The minimum Gasteiger partial charge on any atom is -0.468 e. The second kappa shape index (κ2) is 6.50. The van der Waals surface area contributed by atoms with E-state index in [0.717, 1.165) is 30.3 Å². The normalized spacial score (nSPS) is 10.6. The maximum atomic E-state index is 5.27. The fraction of sp³-hybridized carbons (Fsp3) is 0.357. The predicted octanol–water partition coefficient (Wildman–Crippen LogP) is 4.10. The summed E-state index contributed by atoms with van der Waals surface area (Å²) in [6.45, 7) is 5.10. The number of nitrogens with zero attached hydrogens (tertiary/aromatic N) is 1. The maximum Gasteiger partial charge on any atom is 0.125 e. The summed E-state index contributed by atoms with van der Waals surface area (Å²) in [7, 11) is 0. The van der Waals surface area contributed by atoms with Gasteiger partial charge in [0, 0.05) is 23.4 Å². The molecule has 0 bridgehead atoms. The van der Waals surface area contributed by atoms with Crippen molar-refractivity contribution < 1.29 is 4.42 Å². The molecule has 2 aromatic rings. The van der Waals surface area contributed by atoms with Crippen LogP contribution in [0.15, 0.2) is 40.0 Å². The lowest BCUT2D eigenvalue weighted by Gasteiger charge is -2.05. The molecule has 3 nitrogen and oxygen atoms in total. The molecule has 1 N–H and O–H groups in total. The fourth-order valence-corrected chi connectivity index (χ4v) is 2.45. The molecule has 0 saturated carbocycles. The first-order valence-electron chi connectivity index (χ1n) is 6.15. The highest BCUT2D eigenvalue weighted by molar-refractivity contribution is 7.98. The highest BCUT2D eigenvalue weighted by Gasteiger charge is 2.02. The lowest BCUT2D eigenvalue weighted by molar-refractivity contribution is 0.527. The molecule has 0 amide bonds. The molecule has 4 heteroatoms. The Morgan fingerprint density at radius 1 is 1.33 bits per heavy atom. The Kier molecular flexibility index (Phi) is 4.70. The van der Waals surface area contributed by atoms with E-state index in [2.05, 4.69) is 23.3 Å². The molecule has 0 aliphatic carbocycles. The third kappa shape index (κ3) is 3.53. The minimum absolute atomic E-state index is 0.918. The molecule has 2 aromatic heterocycles. The van der Waals surface area contributed by atoms with E-state index in [9.17, 15) is 0 Å². The Bertz CT molecular complexity index is 479. The summed E-state index contributed by atoms with van der Waals surface area (Å²) in [4.78, 5) is 5.59. The second-order valence-corrected chi connectivity index (χ2v) is 5.13. The molecule has 18 heavy (non-hydrogen) atoms. The Hall–Kier alpha value is -1.42. The molecular weight excluding hydrogens is 244 g/mol. The van der Waals surface area contributed by atoms with E-state index in [0.29, 0.717) is 0 Å². The molecular formula is C14H18N2OS. The van der Waals surface area contributed by atoms with Gasteiger partial charge in [-0.25, -0.2) is 4.98 Å². The number of hydrogen-bond donors (Lipinski definition) is 1. The van der Waals surface area contributed by atoms with Gasteiger partial charge >= 0.3 is 0 Å². The number of hydrogen-bond acceptors (Lipinski definition) is 4. The van der Waals surface area contributed by atoms with E-state index in [-0.39, 0.29) is 0 Å². The number of aromatic nitrogens is 1. The molecule has 0 aliphatic heterocycles. The average molecular weight is 262 g/mol. The van der Waals surface area contributed by atoms with Gasteiger partial charge in [0.1, 0.15) is 11.6 Å². The zero-order chi connectivity index (χ0) is 12.8. The first kappa shape index (κ1) is 13.0. The van der Waals surface area contributed by atoms with Gasteiger partial charge in [0.15, 0.2) is 0 Å². The summed E-state index contributed by atoms with van der Waals surface area (Å²) in [5.74, 6) is 2.85. The van der Waals surface area contributed by atoms with Crippen molar-refractivity contribution >= 4 is 17.6 Å². The van der Waals surface area contributed by atoms with Gasteiger partial charge in [0.2, 0.25) is 0 Å². The Labute approximate surface area is 112 Å². The van der Waals surface area contributed by atoms with Gasteiger partial charge in [-0.3, -0.25) is 0 Å². The number of anilines is 1. The van der Waals surface area contributed by atoms with E-state index in [1.54, 1.807) is 18.0 Å². The molecule has 0 saturated heterocycles. The topological polar surface area (TPSA) is 38.1 Å². The van der Waals surface area contributed by atoms with Crippen LogP contribution in [0.1, 0.15) is 24.7 Å². The van der Waals surface area contributed by atoms with Gasteiger partial charge in [0.05, 0.1) is 6.26 Å². The van der Waals surface area contributed by atoms with Crippen LogP contribution in [0, 0.1) is 6.92 Å². The van der Waals surface area contributed by atoms with E-state index in [1.807, 2.05) is 25.3 Å². The summed E-state index contributed by atoms with van der Waals surface area (Å²) < 4.78 is 5.27. The van der Waals surface area contributed by atoms with Crippen molar-refractivity contribution in [1.29, 1.82) is 0 Å². The molecule has 0 aliphatic rings. The molecule has 0 radical (unpaired) electrons. The average Bonchev–Trinajstić information content (AvgIpc) is 2.81. The van der Waals surface area contributed by atoms with Crippen LogP contribution < -0.4 is 5.32 Å². The highest BCUT2D eigenvalue weighted by Crippen LogP contribution is 2.26. The smallest absolute Gasteiger partial charge is 0.125 e. The van der Waals surface area contributed by atoms with Crippen LogP contribution in [0.4, 0.5) is 5.82 Å². The molecule has 2 rings (SSSR count). The van der Waals surface area contributed by atoms with Crippen LogP contribution in [0.3, 0.4) is 0 Å². The fourth-order valence-electron chi connectivity index (χ4n) is 1.55. The summed E-state index contributed by atoms with van der Waals surface area (Å²) in [5, 5.41) is 3.27. The van der Waals surface area contributed by atoms with Gasteiger partial charge < -0.3 is 9.73 Å². The lowest BCUT2D eigenvalue weighted by Crippen LogP contribution is -2.01. The van der Waals surface area contributed by atoms with Crippen molar-refractivity contribution in [3.8, 4) is 0 Å². The monoisotopic (exact) mass is 262 g/mol. The minimum atomic E-state index is 0.918. The summed E-state index contributed by atoms with van der Waals surface area (Å²) in [6.07, 6.45) is 4.77. The van der Waals surface area contributed by atoms with Crippen molar-refractivity contribution in [2.75, 3.05) is 11.9 Å². The number of furan rings is 1. The highest BCUT2D eigenvalue weighted by atomic mass is 32.2. The molecule has 0 spiro atoms. The van der Waals surface area contributed by atoms with Crippen molar-refractivity contribution in [1.82, 2.24) is 4.98 Å². The maximum absolute atomic E-state index is 5.27. The van der Waals surface area contributed by atoms with Crippen molar-refractivity contribution in [2.45, 2.75) is 30.9 Å². The molecule has 2 heterocycles. The van der Waals surface area contributed by atoms with Gasteiger partial charge in [-0.05, 0) is 31.0 Å². The number of rotatable bonds is 6. The SMILES string of the molecule is CCCNc1ccc(CSc2ccoc2C)cn1. The first-order valence-corrected chi connectivity index (χ1v) is 7.14. The molecule has 0 atom stereocenters. The van der Waals surface area contributed by atoms with Crippen LogP contribution in [0.2, 0.25) is 0 Å². The van der Waals surface area contributed by atoms with E-state index < -0.39 is 0 Å². The van der Waals surface area contributed by atoms with Crippen molar-refractivity contribution in [3.05, 3.63) is 42.0 Å². The van der Waals surface area contributed by atoms with Crippen LogP contribution >= 0.6 is 11.8 Å². The third-order valence-corrected chi connectivity index (χ3v) is 3.80. The number of nitrogens with one attached hydrogen (secondary N) is 1. The Balaban J connectivity index is 1.88. The number of aryl methyl sites for hydroxylation is 1. The van der Waals surface area contributed by atoms with E-state index >= 15 is 0 Å². The van der Waals surface area contributed by atoms with Crippen LogP contribution in [-0.2, 0) is 5.75 Å². The van der Waals surface area contributed by atoms with Crippen LogP contribution in [0.25, 0.3) is 0 Å². The zero-order valence-corrected chi connectivity index (χ0v) is 11.6. The van der Waals surface area contributed by atoms with Crippen molar-refractivity contribution in [3.63, 3.8) is 0 Å². The van der Waals surface area contributed by atoms with Gasteiger partial charge in [-0.2, -0.15) is 0 Å². The largest absolute Gasteiger partial charge is 0.468 e. The Morgan fingerprint density at radius 2 is 2.22 bits per heavy atom. The summed E-state index contributed by atoms with van der Waals surface area (Å²) >= 11 is 1.78.